The summed E-state index contributed by atoms with van der Waals surface area (Å²) in [6.45, 7) is 3.29. The van der Waals surface area contributed by atoms with Gasteiger partial charge in [-0.1, -0.05) is 0 Å². The van der Waals surface area contributed by atoms with Gasteiger partial charge in [0.15, 0.2) is 11.6 Å². The lowest BCUT2D eigenvalue weighted by Gasteiger charge is -2.45. The van der Waals surface area contributed by atoms with Crippen molar-refractivity contribution in [3.8, 4) is 0 Å². The van der Waals surface area contributed by atoms with Gasteiger partial charge in [-0.25, -0.2) is 17.2 Å². The third kappa shape index (κ3) is 3.31. The van der Waals surface area contributed by atoms with Gasteiger partial charge in [0.25, 0.3) is 0 Å². The van der Waals surface area contributed by atoms with Crippen LogP contribution in [0.15, 0.2) is 23.1 Å². The highest BCUT2D eigenvalue weighted by Crippen LogP contribution is 2.29. The highest BCUT2D eigenvalue weighted by atomic mass is 32.2. The van der Waals surface area contributed by atoms with E-state index in [4.69, 9.17) is 4.74 Å². The SMILES string of the molecule is O=S(=O)(c1ccc(F)c(F)c1)N1CCN(CC2(CO)COC2)CC1. The first-order valence-electron chi connectivity index (χ1n) is 7.72. The molecule has 3 rings (SSSR count). The Morgan fingerprint density at radius 1 is 1.12 bits per heavy atom. The van der Waals surface area contributed by atoms with Crippen LogP contribution in [0.3, 0.4) is 0 Å². The number of hydrogen-bond donors (Lipinski definition) is 1. The number of nitrogens with zero attached hydrogens (tertiary/aromatic N) is 2. The molecule has 0 aliphatic carbocycles. The summed E-state index contributed by atoms with van der Waals surface area (Å²) in [5.74, 6) is -2.25. The maximum absolute atomic E-state index is 13.3. The lowest BCUT2D eigenvalue weighted by atomic mass is 9.86. The van der Waals surface area contributed by atoms with Crippen LogP contribution in [0.4, 0.5) is 8.78 Å². The second kappa shape index (κ2) is 6.64. The summed E-state index contributed by atoms with van der Waals surface area (Å²) in [4.78, 5) is 1.85. The van der Waals surface area contributed by atoms with Crippen molar-refractivity contribution in [2.45, 2.75) is 4.90 Å². The van der Waals surface area contributed by atoms with Crippen LogP contribution in [0.1, 0.15) is 0 Å². The fourth-order valence-electron chi connectivity index (χ4n) is 3.01. The number of aliphatic hydroxyl groups is 1. The molecule has 0 amide bonds. The maximum atomic E-state index is 13.3. The first-order valence-corrected chi connectivity index (χ1v) is 9.17. The molecule has 0 unspecified atom stereocenters. The summed E-state index contributed by atoms with van der Waals surface area (Å²) in [6, 6.07) is 2.61. The van der Waals surface area contributed by atoms with Crippen molar-refractivity contribution in [1.29, 1.82) is 0 Å². The molecule has 2 heterocycles. The van der Waals surface area contributed by atoms with Crippen LogP contribution in [-0.2, 0) is 14.8 Å². The van der Waals surface area contributed by atoms with Gasteiger partial charge in [0.05, 0.1) is 30.1 Å². The van der Waals surface area contributed by atoms with E-state index in [1.54, 1.807) is 0 Å². The lowest BCUT2D eigenvalue weighted by molar-refractivity contribution is -0.149. The molecule has 0 bridgehead atoms. The highest BCUT2D eigenvalue weighted by Gasteiger charge is 2.40. The molecule has 134 valence electrons. The standard InChI is InChI=1S/C15H20F2N2O4S/c16-13-2-1-12(7-14(13)17)24(21,22)19-5-3-18(4-6-19)8-15(9-20)10-23-11-15/h1-2,7,20H,3-6,8-11H2. The second-order valence-corrected chi connectivity index (χ2v) is 8.34. The first kappa shape index (κ1) is 17.7. The lowest BCUT2D eigenvalue weighted by Crippen LogP contribution is -2.57. The van der Waals surface area contributed by atoms with Gasteiger partial charge < -0.3 is 9.84 Å². The zero-order chi connectivity index (χ0) is 17.4. The summed E-state index contributed by atoms with van der Waals surface area (Å²) < 4.78 is 57.8. The average molecular weight is 362 g/mol. The van der Waals surface area contributed by atoms with Gasteiger partial charge in [-0.2, -0.15) is 4.31 Å². The van der Waals surface area contributed by atoms with Crippen LogP contribution < -0.4 is 0 Å². The van der Waals surface area contributed by atoms with Crippen molar-refractivity contribution in [2.75, 3.05) is 52.5 Å². The topological polar surface area (TPSA) is 70.1 Å². The van der Waals surface area contributed by atoms with Crippen molar-refractivity contribution in [3.05, 3.63) is 29.8 Å². The number of rotatable bonds is 5. The van der Waals surface area contributed by atoms with Crippen LogP contribution in [0.25, 0.3) is 0 Å². The monoisotopic (exact) mass is 362 g/mol. The minimum atomic E-state index is -3.84. The predicted octanol–water partition coefficient (Wildman–Crippen LogP) is 0.280. The van der Waals surface area contributed by atoms with E-state index in [1.807, 2.05) is 0 Å². The molecule has 2 fully saturated rings. The summed E-state index contributed by atoms with van der Waals surface area (Å²) in [5.41, 5.74) is -0.249. The fourth-order valence-corrected chi connectivity index (χ4v) is 4.45. The molecular formula is C15H20F2N2O4S. The largest absolute Gasteiger partial charge is 0.396 e. The van der Waals surface area contributed by atoms with Crippen LogP contribution in [-0.4, -0.2) is 75.3 Å². The van der Waals surface area contributed by atoms with Crippen molar-refractivity contribution in [3.63, 3.8) is 0 Å². The zero-order valence-electron chi connectivity index (χ0n) is 13.1. The van der Waals surface area contributed by atoms with E-state index < -0.39 is 21.7 Å². The number of hydrogen-bond acceptors (Lipinski definition) is 5. The molecule has 1 aromatic carbocycles. The molecule has 0 aromatic heterocycles. The van der Waals surface area contributed by atoms with Crippen molar-refractivity contribution >= 4 is 10.0 Å². The predicted molar refractivity (Wildman–Crippen MR) is 81.9 cm³/mol. The Morgan fingerprint density at radius 3 is 2.29 bits per heavy atom. The molecule has 1 aromatic rings. The Morgan fingerprint density at radius 2 is 1.79 bits per heavy atom. The number of piperazine rings is 1. The van der Waals surface area contributed by atoms with Gasteiger partial charge in [-0.05, 0) is 18.2 Å². The average Bonchev–Trinajstić information content (AvgIpc) is 2.54. The van der Waals surface area contributed by atoms with Gasteiger partial charge in [0.1, 0.15) is 0 Å². The molecule has 6 nitrogen and oxygen atoms in total. The second-order valence-electron chi connectivity index (χ2n) is 6.41. The Kier molecular flexibility index (Phi) is 4.89. The van der Waals surface area contributed by atoms with Gasteiger partial charge in [-0.15, -0.1) is 0 Å². The van der Waals surface area contributed by atoms with E-state index >= 15 is 0 Å². The van der Waals surface area contributed by atoms with Gasteiger partial charge in [-0.3, -0.25) is 4.90 Å². The molecule has 9 heteroatoms. The van der Waals surface area contributed by atoms with E-state index in [-0.39, 0.29) is 30.0 Å². The molecule has 2 saturated heterocycles. The van der Waals surface area contributed by atoms with Gasteiger partial charge in [0, 0.05) is 32.7 Å². The minimum Gasteiger partial charge on any atom is -0.396 e. The quantitative estimate of drug-likeness (QED) is 0.815. The van der Waals surface area contributed by atoms with E-state index in [9.17, 15) is 22.3 Å². The van der Waals surface area contributed by atoms with Crippen molar-refractivity contribution in [1.82, 2.24) is 9.21 Å². The Balaban J connectivity index is 1.64. The third-order valence-corrected chi connectivity index (χ3v) is 6.47. The maximum Gasteiger partial charge on any atom is 0.243 e. The van der Waals surface area contributed by atoms with Crippen molar-refractivity contribution in [2.24, 2.45) is 5.41 Å². The van der Waals surface area contributed by atoms with E-state index in [1.165, 1.54) is 4.31 Å². The summed E-state index contributed by atoms with van der Waals surface area (Å²) in [6.07, 6.45) is 0. The third-order valence-electron chi connectivity index (χ3n) is 4.57. The number of benzene rings is 1. The number of ether oxygens (including phenoxy) is 1. The summed E-state index contributed by atoms with van der Waals surface area (Å²) in [7, 11) is -3.84. The molecule has 0 atom stereocenters. The molecule has 0 radical (unpaired) electrons. The van der Waals surface area contributed by atoms with Crippen LogP contribution >= 0.6 is 0 Å². The van der Waals surface area contributed by atoms with E-state index in [0.29, 0.717) is 38.9 Å². The molecular weight excluding hydrogens is 342 g/mol. The summed E-state index contributed by atoms with van der Waals surface area (Å²) >= 11 is 0. The van der Waals surface area contributed by atoms with Crippen LogP contribution in [0.5, 0.6) is 0 Å². The van der Waals surface area contributed by atoms with E-state index in [2.05, 4.69) is 4.90 Å². The summed E-state index contributed by atoms with van der Waals surface area (Å²) in [5, 5.41) is 9.47. The minimum absolute atomic E-state index is 0.0420. The molecule has 1 N–H and O–H groups in total. The first-order chi connectivity index (χ1) is 11.4. The molecule has 0 saturated carbocycles. The number of sulfonamides is 1. The zero-order valence-corrected chi connectivity index (χ0v) is 13.9. The molecule has 0 spiro atoms. The Labute approximate surface area is 139 Å². The Bertz CT molecular complexity index is 696. The number of halogens is 2. The molecule has 2 aliphatic rings. The molecule has 2 aliphatic heterocycles. The van der Waals surface area contributed by atoms with Crippen LogP contribution in [0, 0.1) is 17.0 Å². The van der Waals surface area contributed by atoms with Gasteiger partial charge >= 0.3 is 0 Å². The number of aliphatic hydroxyl groups excluding tert-OH is 1. The highest BCUT2D eigenvalue weighted by molar-refractivity contribution is 7.89. The molecule has 24 heavy (non-hydrogen) atoms. The fraction of sp³-hybridized carbons (Fsp3) is 0.600. The Hall–Kier alpha value is -1.13. The van der Waals surface area contributed by atoms with E-state index in [0.717, 1.165) is 12.1 Å². The van der Waals surface area contributed by atoms with Crippen molar-refractivity contribution < 1.29 is 27.0 Å². The normalized spacial score (nSPS) is 22.3. The van der Waals surface area contributed by atoms with Gasteiger partial charge in [0.2, 0.25) is 10.0 Å². The smallest absolute Gasteiger partial charge is 0.243 e. The van der Waals surface area contributed by atoms with Crippen LogP contribution in [0.2, 0.25) is 0 Å².